The molecular weight excluding hydrogens is 430 g/mol. The highest BCUT2D eigenvalue weighted by atomic mass is 35.5. The highest BCUT2D eigenvalue weighted by Crippen LogP contribution is 2.22. The Hall–Kier alpha value is -2.89. The predicted octanol–water partition coefficient (Wildman–Crippen LogP) is 2.39. The van der Waals surface area contributed by atoms with Crippen LogP contribution in [0.5, 0.6) is 0 Å². The Balaban J connectivity index is 1.82. The molecule has 12 heteroatoms. The zero-order chi connectivity index (χ0) is 21.2. The third-order valence-corrected chi connectivity index (χ3v) is 4.77. The van der Waals surface area contributed by atoms with Gasteiger partial charge in [0, 0.05) is 12.1 Å². The molecule has 0 unspecified atom stereocenters. The third-order valence-electron chi connectivity index (χ3n) is 3.74. The van der Waals surface area contributed by atoms with Crippen LogP contribution in [-0.2, 0) is 28.1 Å². The van der Waals surface area contributed by atoms with Crippen LogP contribution in [0.3, 0.4) is 0 Å². The molecule has 2 aromatic carbocycles. The van der Waals surface area contributed by atoms with Crippen molar-refractivity contribution in [3.8, 4) is 11.4 Å². The van der Waals surface area contributed by atoms with Crippen molar-refractivity contribution in [1.82, 2.24) is 19.5 Å². The standard InChI is InChI=1S/C17H13ClF2N4O4S/c18-13-5-4-11(7-14(13)20)17-22-15(24(23-17)29(26,27)28)8-16(25)21-9-10-2-1-3-12(19)6-10/h1-7H,8-9H2,(H,21,25)(H,26,27,28). The number of hydrogen-bond acceptors (Lipinski definition) is 5. The molecule has 1 aromatic heterocycles. The molecule has 0 aliphatic carbocycles. The number of amides is 1. The lowest BCUT2D eigenvalue weighted by Gasteiger charge is -2.05. The van der Waals surface area contributed by atoms with E-state index in [1.54, 1.807) is 6.07 Å². The first-order valence-electron chi connectivity index (χ1n) is 8.04. The molecule has 1 heterocycles. The first-order valence-corrected chi connectivity index (χ1v) is 9.81. The Kier molecular flexibility index (Phi) is 5.91. The lowest BCUT2D eigenvalue weighted by molar-refractivity contribution is -0.120. The van der Waals surface area contributed by atoms with E-state index in [2.05, 4.69) is 15.4 Å². The fourth-order valence-electron chi connectivity index (χ4n) is 2.43. The maximum absolute atomic E-state index is 13.7. The van der Waals surface area contributed by atoms with Gasteiger partial charge in [-0.2, -0.15) is 8.42 Å². The van der Waals surface area contributed by atoms with Gasteiger partial charge >= 0.3 is 10.3 Å². The second kappa shape index (κ2) is 8.23. The molecule has 0 saturated heterocycles. The summed E-state index contributed by atoms with van der Waals surface area (Å²) in [7, 11) is -4.86. The van der Waals surface area contributed by atoms with Crippen LogP contribution < -0.4 is 5.32 Å². The topological polar surface area (TPSA) is 114 Å². The van der Waals surface area contributed by atoms with E-state index in [4.69, 9.17) is 11.6 Å². The SMILES string of the molecule is O=C(Cc1nc(-c2ccc(Cl)c(F)c2)nn1S(=O)(=O)O)NCc1cccc(F)c1. The highest BCUT2D eigenvalue weighted by molar-refractivity contribution is 7.84. The van der Waals surface area contributed by atoms with Crippen LogP contribution in [-0.4, -0.2) is 33.0 Å². The molecule has 0 aliphatic rings. The number of aromatic nitrogens is 3. The van der Waals surface area contributed by atoms with Gasteiger partial charge in [-0.3, -0.25) is 9.35 Å². The zero-order valence-electron chi connectivity index (χ0n) is 14.5. The van der Waals surface area contributed by atoms with Gasteiger partial charge in [-0.05, 0) is 35.9 Å². The monoisotopic (exact) mass is 442 g/mol. The van der Waals surface area contributed by atoms with E-state index in [1.807, 2.05) is 0 Å². The zero-order valence-corrected chi connectivity index (χ0v) is 16.1. The van der Waals surface area contributed by atoms with Crippen LogP contribution in [0.1, 0.15) is 11.4 Å². The van der Waals surface area contributed by atoms with Crippen LogP contribution in [0.4, 0.5) is 8.78 Å². The molecule has 0 aliphatic heterocycles. The minimum atomic E-state index is -4.86. The maximum atomic E-state index is 13.7. The molecule has 0 atom stereocenters. The van der Waals surface area contributed by atoms with Crippen molar-refractivity contribution in [2.45, 2.75) is 13.0 Å². The molecule has 152 valence electrons. The summed E-state index contributed by atoms with van der Waals surface area (Å²) in [4.78, 5) is 16.1. The van der Waals surface area contributed by atoms with E-state index >= 15 is 0 Å². The molecule has 1 amide bonds. The number of carbonyl (C=O) groups is 1. The van der Waals surface area contributed by atoms with Gasteiger partial charge in [0.25, 0.3) is 0 Å². The van der Waals surface area contributed by atoms with Crippen molar-refractivity contribution < 1.29 is 26.5 Å². The minimum Gasteiger partial charge on any atom is -0.352 e. The second-order valence-corrected chi connectivity index (χ2v) is 7.53. The van der Waals surface area contributed by atoms with E-state index in [9.17, 15) is 26.5 Å². The lowest BCUT2D eigenvalue weighted by atomic mass is 10.2. The van der Waals surface area contributed by atoms with Crippen molar-refractivity contribution in [3.63, 3.8) is 0 Å². The van der Waals surface area contributed by atoms with Crippen LogP contribution in [0.25, 0.3) is 11.4 Å². The molecule has 0 spiro atoms. The Morgan fingerprint density at radius 1 is 1.21 bits per heavy atom. The summed E-state index contributed by atoms with van der Waals surface area (Å²) in [6.07, 6.45) is -0.557. The Bertz CT molecular complexity index is 1180. The Morgan fingerprint density at radius 3 is 2.62 bits per heavy atom. The molecule has 3 aromatic rings. The lowest BCUT2D eigenvalue weighted by Crippen LogP contribution is -2.27. The normalized spacial score (nSPS) is 11.4. The van der Waals surface area contributed by atoms with E-state index in [-0.39, 0.29) is 27.0 Å². The number of hydrogen-bond donors (Lipinski definition) is 2. The van der Waals surface area contributed by atoms with Gasteiger partial charge in [-0.25, -0.2) is 13.8 Å². The van der Waals surface area contributed by atoms with Crippen LogP contribution >= 0.6 is 11.6 Å². The summed E-state index contributed by atoms with van der Waals surface area (Å²) in [5.41, 5.74) is 0.586. The highest BCUT2D eigenvalue weighted by Gasteiger charge is 2.22. The van der Waals surface area contributed by atoms with E-state index in [0.717, 1.165) is 6.07 Å². The fraction of sp³-hybridized carbons (Fsp3) is 0.118. The summed E-state index contributed by atoms with van der Waals surface area (Å²) >= 11 is 5.61. The minimum absolute atomic E-state index is 0.00808. The molecule has 0 radical (unpaired) electrons. The summed E-state index contributed by atoms with van der Waals surface area (Å²) in [6.45, 7) is -0.00808. The van der Waals surface area contributed by atoms with Crippen molar-refractivity contribution in [1.29, 1.82) is 0 Å². The summed E-state index contributed by atoms with van der Waals surface area (Å²) in [5, 5.41) is 5.96. The molecule has 3 rings (SSSR count). The fourth-order valence-corrected chi connectivity index (χ4v) is 3.10. The van der Waals surface area contributed by atoms with Crippen molar-refractivity contribution in [3.05, 3.63) is 70.5 Å². The van der Waals surface area contributed by atoms with Crippen molar-refractivity contribution >= 4 is 27.8 Å². The van der Waals surface area contributed by atoms with Crippen molar-refractivity contribution in [2.24, 2.45) is 0 Å². The van der Waals surface area contributed by atoms with Gasteiger partial charge in [0.05, 0.1) is 11.4 Å². The van der Waals surface area contributed by atoms with E-state index < -0.39 is 40.1 Å². The van der Waals surface area contributed by atoms with Gasteiger partial charge in [0.1, 0.15) is 11.6 Å². The van der Waals surface area contributed by atoms with Gasteiger partial charge in [-0.15, -0.1) is 9.19 Å². The van der Waals surface area contributed by atoms with Crippen LogP contribution in [0.15, 0.2) is 42.5 Å². The first-order chi connectivity index (χ1) is 13.6. The van der Waals surface area contributed by atoms with Crippen molar-refractivity contribution in [2.75, 3.05) is 0 Å². The van der Waals surface area contributed by atoms with Crippen LogP contribution in [0.2, 0.25) is 5.02 Å². The Morgan fingerprint density at radius 2 is 1.97 bits per heavy atom. The van der Waals surface area contributed by atoms with Crippen LogP contribution in [0, 0.1) is 11.6 Å². The number of carbonyl (C=O) groups excluding carboxylic acids is 1. The molecule has 8 nitrogen and oxygen atoms in total. The summed E-state index contributed by atoms with van der Waals surface area (Å²) in [5.74, 6) is -2.52. The molecule has 0 bridgehead atoms. The molecular formula is C17H13ClF2N4O4S. The smallest absolute Gasteiger partial charge is 0.352 e. The average Bonchev–Trinajstić information content (AvgIpc) is 3.06. The van der Waals surface area contributed by atoms with Gasteiger partial charge in [-0.1, -0.05) is 23.7 Å². The second-order valence-electron chi connectivity index (χ2n) is 5.88. The number of benzene rings is 2. The number of nitrogens with one attached hydrogen (secondary N) is 1. The number of halogens is 3. The third kappa shape index (κ3) is 5.13. The molecule has 29 heavy (non-hydrogen) atoms. The Labute approximate surface area is 169 Å². The first kappa shape index (κ1) is 20.8. The van der Waals surface area contributed by atoms with Gasteiger partial charge in [0.15, 0.2) is 11.6 Å². The largest absolute Gasteiger partial charge is 0.380 e. The molecule has 0 saturated carbocycles. The molecule has 0 fully saturated rings. The quantitative estimate of drug-likeness (QED) is 0.566. The number of rotatable bonds is 6. The van der Waals surface area contributed by atoms with Gasteiger partial charge < -0.3 is 5.32 Å². The summed E-state index contributed by atoms with van der Waals surface area (Å²) in [6, 6.07) is 9.12. The van der Waals surface area contributed by atoms with E-state index in [1.165, 1.54) is 30.3 Å². The summed E-state index contributed by atoms with van der Waals surface area (Å²) < 4.78 is 59.5. The molecule has 2 N–H and O–H groups in total. The average molecular weight is 443 g/mol. The number of nitrogens with zero attached hydrogens (tertiary/aromatic N) is 3. The predicted molar refractivity (Wildman–Crippen MR) is 99.3 cm³/mol. The maximum Gasteiger partial charge on any atom is 0.380 e. The van der Waals surface area contributed by atoms with E-state index in [0.29, 0.717) is 5.56 Å². The van der Waals surface area contributed by atoms with Gasteiger partial charge in [0.2, 0.25) is 5.91 Å².